The summed E-state index contributed by atoms with van der Waals surface area (Å²) >= 11 is 5.78. The smallest absolute Gasteiger partial charge is 0.313 e. The molecule has 0 fully saturated rings. The topological polar surface area (TPSA) is 38.7 Å². The fraction of sp³-hybridized carbons (Fsp3) is 0. The van der Waals surface area contributed by atoms with E-state index in [0.29, 0.717) is 10.6 Å². The van der Waals surface area contributed by atoms with Crippen LogP contribution in [0, 0.1) is 11.8 Å². The van der Waals surface area contributed by atoms with Crippen molar-refractivity contribution in [3.05, 3.63) is 106 Å². The summed E-state index contributed by atoms with van der Waals surface area (Å²) in [7, 11) is 0. The highest BCUT2D eigenvalue weighted by Gasteiger charge is 2.05. The first-order valence-corrected chi connectivity index (χ1v) is 8.26. The number of nitrogens with zero attached hydrogens (tertiary/aromatic N) is 1. The van der Waals surface area contributed by atoms with E-state index in [2.05, 4.69) is 17.0 Å². The second kappa shape index (κ2) is 8.66. The molecule has 0 radical (unpaired) electrons. The van der Waals surface area contributed by atoms with Gasteiger partial charge in [0.05, 0.1) is 11.8 Å². The molecule has 0 spiro atoms. The standard InChI is InChI=1S/C22H14ClNO2/c23-21-14-12-20(13-15-21)22(25)26-24-16-19-10-8-18(9-11-19)7-6-17-4-2-1-3-5-17/h1-5,8-16H/b24-16+. The van der Waals surface area contributed by atoms with E-state index in [0.717, 1.165) is 16.7 Å². The minimum atomic E-state index is -0.539. The number of hydrogen-bond acceptors (Lipinski definition) is 3. The third-order valence-corrected chi connectivity index (χ3v) is 3.70. The summed E-state index contributed by atoms with van der Waals surface area (Å²) in [6.07, 6.45) is 1.47. The van der Waals surface area contributed by atoms with Crippen LogP contribution in [0.2, 0.25) is 5.02 Å². The minimum absolute atomic E-state index is 0.387. The fourth-order valence-corrected chi connectivity index (χ4v) is 2.22. The van der Waals surface area contributed by atoms with Gasteiger partial charge in [-0.1, -0.05) is 58.9 Å². The number of carbonyl (C=O) groups is 1. The van der Waals surface area contributed by atoms with Crippen molar-refractivity contribution in [2.24, 2.45) is 5.16 Å². The number of oxime groups is 1. The molecule has 0 N–H and O–H groups in total. The zero-order valence-electron chi connectivity index (χ0n) is 13.7. The molecule has 0 saturated heterocycles. The van der Waals surface area contributed by atoms with Gasteiger partial charge in [-0.25, -0.2) is 4.79 Å². The van der Waals surface area contributed by atoms with E-state index in [9.17, 15) is 4.79 Å². The lowest BCUT2D eigenvalue weighted by Gasteiger charge is -1.98. The van der Waals surface area contributed by atoms with Gasteiger partial charge >= 0.3 is 5.97 Å². The molecule has 3 rings (SSSR count). The summed E-state index contributed by atoms with van der Waals surface area (Å²) in [4.78, 5) is 16.7. The van der Waals surface area contributed by atoms with Crippen LogP contribution in [0.3, 0.4) is 0 Å². The second-order valence-electron chi connectivity index (χ2n) is 5.36. The van der Waals surface area contributed by atoms with E-state index < -0.39 is 5.97 Å². The molecule has 0 unspecified atom stereocenters. The van der Waals surface area contributed by atoms with E-state index in [1.165, 1.54) is 6.21 Å². The monoisotopic (exact) mass is 359 g/mol. The first-order chi connectivity index (χ1) is 12.7. The first-order valence-electron chi connectivity index (χ1n) is 7.88. The second-order valence-corrected chi connectivity index (χ2v) is 5.79. The Morgan fingerprint density at radius 1 is 0.846 bits per heavy atom. The maximum Gasteiger partial charge on any atom is 0.365 e. The van der Waals surface area contributed by atoms with Gasteiger partial charge in [0, 0.05) is 16.1 Å². The Balaban J connectivity index is 1.59. The van der Waals surface area contributed by atoms with Crippen LogP contribution in [0.15, 0.2) is 84.0 Å². The van der Waals surface area contributed by atoms with Crippen LogP contribution in [-0.2, 0) is 4.84 Å². The molecule has 4 heteroatoms. The van der Waals surface area contributed by atoms with Crippen molar-refractivity contribution >= 4 is 23.8 Å². The molecule has 0 bridgehead atoms. The Kier molecular flexibility index (Phi) is 5.82. The molecule has 0 aliphatic rings. The van der Waals surface area contributed by atoms with E-state index in [4.69, 9.17) is 16.4 Å². The predicted octanol–water partition coefficient (Wildman–Crippen LogP) is 4.93. The van der Waals surface area contributed by atoms with Crippen molar-refractivity contribution in [2.45, 2.75) is 0 Å². The van der Waals surface area contributed by atoms with Crippen molar-refractivity contribution in [3.8, 4) is 11.8 Å². The number of hydrogen-bond donors (Lipinski definition) is 0. The van der Waals surface area contributed by atoms with E-state index >= 15 is 0 Å². The van der Waals surface area contributed by atoms with Crippen LogP contribution in [0.4, 0.5) is 0 Å². The van der Waals surface area contributed by atoms with E-state index in [1.54, 1.807) is 24.3 Å². The lowest BCUT2D eigenvalue weighted by atomic mass is 10.1. The summed E-state index contributed by atoms with van der Waals surface area (Å²) in [5.41, 5.74) is 3.05. The van der Waals surface area contributed by atoms with Crippen LogP contribution in [0.25, 0.3) is 0 Å². The van der Waals surface area contributed by atoms with Crippen LogP contribution in [0.1, 0.15) is 27.0 Å². The lowest BCUT2D eigenvalue weighted by molar-refractivity contribution is 0.0519. The van der Waals surface area contributed by atoms with Crippen molar-refractivity contribution in [3.63, 3.8) is 0 Å². The third-order valence-electron chi connectivity index (χ3n) is 3.45. The van der Waals surface area contributed by atoms with Gasteiger partial charge in [0.25, 0.3) is 0 Å². The summed E-state index contributed by atoms with van der Waals surface area (Å²) in [5, 5.41) is 4.28. The van der Waals surface area contributed by atoms with Gasteiger partial charge in [0.15, 0.2) is 0 Å². The molecule has 26 heavy (non-hydrogen) atoms. The Labute approximate surface area is 156 Å². The van der Waals surface area contributed by atoms with Crippen molar-refractivity contribution < 1.29 is 9.63 Å². The van der Waals surface area contributed by atoms with Crippen LogP contribution in [-0.4, -0.2) is 12.2 Å². The van der Waals surface area contributed by atoms with Crippen molar-refractivity contribution in [2.75, 3.05) is 0 Å². The van der Waals surface area contributed by atoms with Crippen LogP contribution in [0.5, 0.6) is 0 Å². The summed E-state index contributed by atoms with van der Waals surface area (Å²) in [5.74, 6) is 5.66. The average Bonchev–Trinajstić information content (AvgIpc) is 2.68. The van der Waals surface area contributed by atoms with Crippen molar-refractivity contribution in [1.29, 1.82) is 0 Å². The number of benzene rings is 3. The molecule has 0 aliphatic heterocycles. The Hall–Kier alpha value is -3.35. The SMILES string of the molecule is O=C(O/N=C/c1ccc(C#Cc2ccccc2)cc1)c1ccc(Cl)cc1. The number of carbonyl (C=O) groups excluding carboxylic acids is 1. The van der Waals surface area contributed by atoms with Gasteiger partial charge in [-0.3, -0.25) is 0 Å². The highest BCUT2D eigenvalue weighted by Crippen LogP contribution is 2.10. The largest absolute Gasteiger partial charge is 0.365 e. The zero-order valence-corrected chi connectivity index (χ0v) is 14.5. The highest BCUT2D eigenvalue weighted by molar-refractivity contribution is 6.30. The molecule has 0 aromatic heterocycles. The molecule has 126 valence electrons. The molecule has 3 nitrogen and oxygen atoms in total. The van der Waals surface area contributed by atoms with Crippen molar-refractivity contribution in [1.82, 2.24) is 0 Å². The van der Waals surface area contributed by atoms with Gasteiger partial charge in [0.2, 0.25) is 0 Å². The molecule has 0 heterocycles. The van der Waals surface area contributed by atoms with Crippen LogP contribution >= 0.6 is 11.6 Å². The molecule has 0 amide bonds. The summed E-state index contributed by atoms with van der Waals surface area (Å²) < 4.78 is 0. The maximum atomic E-state index is 11.8. The molecule has 0 aliphatic carbocycles. The fourth-order valence-electron chi connectivity index (χ4n) is 2.09. The molecule has 3 aromatic carbocycles. The predicted molar refractivity (Wildman–Crippen MR) is 103 cm³/mol. The summed E-state index contributed by atoms with van der Waals surface area (Å²) in [6, 6.07) is 23.7. The zero-order chi connectivity index (χ0) is 18.2. The van der Waals surface area contributed by atoms with E-state index in [-0.39, 0.29) is 0 Å². The molecule has 0 saturated carbocycles. The number of halogens is 1. The molecule has 3 aromatic rings. The average molecular weight is 360 g/mol. The lowest BCUT2D eigenvalue weighted by Crippen LogP contribution is -2.00. The molecular weight excluding hydrogens is 346 g/mol. The van der Waals surface area contributed by atoms with Gasteiger partial charge in [0.1, 0.15) is 0 Å². The Morgan fingerprint density at radius 3 is 2.12 bits per heavy atom. The first kappa shape index (κ1) is 17.5. The highest BCUT2D eigenvalue weighted by atomic mass is 35.5. The van der Waals surface area contributed by atoms with Gasteiger partial charge in [-0.05, 0) is 54.1 Å². The summed E-state index contributed by atoms with van der Waals surface area (Å²) in [6.45, 7) is 0. The van der Waals surface area contributed by atoms with Gasteiger partial charge < -0.3 is 4.84 Å². The Bertz CT molecular complexity index is 967. The Morgan fingerprint density at radius 2 is 1.46 bits per heavy atom. The maximum absolute atomic E-state index is 11.8. The molecule has 0 atom stereocenters. The third kappa shape index (κ3) is 5.07. The minimum Gasteiger partial charge on any atom is -0.313 e. The normalized spacial score (nSPS) is 10.2. The van der Waals surface area contributed by atoms with Gasteiger partial charge in [-0.15, -0.1) is 0 Å². The number of rotatable bonds is 3. The van der Waals surface area contributed by atoms with Crippen LogP contribution < -0.4 is 0 Å². The molecular formula is C22H14ClNO2. The van der Waals surface area contributed by atoms with Gasteiger partial charge in [-0.2, -0.15) is 0 Å². The quantitative estimate of drug-likeness (QED) is 0.288. The van der Waals surface area contributed by atoms with E-state index in [1.807, 2.05) is 54.6 Å².